The summed E-state index contributed by atoms with van der Waals surface area (Å²) in [7, 11) is 0.396. The Morgan fingerprint density at radius 2 is 1.79 bits per heavy atom. The molecule has 2 aliphatic heterocycles. The normalized spacial score (nSPS) is 33.5. The van der Waals surface area contributed by atoms with E-state index in [0.717, 1.165) is 0 Å². The van der Waals surface area contributed by atoms with E-state index in [1.165, 1.54) is 21.1 Å². The van der Waals surface area contributed by atoms with Gasteiger partial charge in [-0.15, -0.1) is 0 Å². The minimum Gasteiger partial charge on any atom is -0.477 e. The van der Waals surface area contributed by atoms with Crippen molar-refractivity contribution in [1.29, 1.82) is 0 Å². The van der Waals surface area contributed by atoms with Gasteiger partial charge in [0.1, 0.15) is 18.3 Å². The smallest absolute Gasteiger partial charge is 0.364 e. The van der Waals surface area contributed by atoms with Gasteiger partial charge in [0.2, 0.25) is 5.91 Å². The van der Waals surface area contributed by atoms with Crippen molar-refractivity contribution in [2.45, 2.75) is 108 Å². The molecule has 2 heterocycles. The molecule has 0 aliphatic carbocycles. The molecule has 1 amide bonds. The molecule has 0 bridgehead atoms. The molecule has 10 nitrogen and oxygen atoms in total. The molecule has 2 fully saturated rings. The first-order chi connectivity index (χ1) is 15.0. The molecule has 11 heteroatoms. The molecule has 0 aromatic carbocycles. The average Bonchev–Trinajstić information content (AvgIpc) is 3.02. The van der Waals surface area contributed by atoms with Crippen molar-refractivity contribution in [3.05, 3.63) is 0 Å². The Balaban J connectivity index is 2.54. The number of nitrogens with one attached hydrogen (secondary N) is 1. The number of hydrogen-bond donors (Lipinski definition) is 2. The molecule has 0 aromatic heterocycles. The van der Waals surface area contributed by atoms with Crippen LogP contribution in [0.15, 0.2) is 0 Å². The highest BCUT2D eigenvalue weighted by atomic mass is 28.4. The van der Waals surface area contributed by atoms with Crippen molar-refractivity contribution in [3.8, 4) is 0 Å². The molecule has 0 radical (unpaired) electrons. The summed E-state index contributed by atoms with van der Waals surface area (Å²) in [5, 5.41) is 12.9. The number of carboxylic acid groups (broad SMARTS) is 1. The van der Waals surface area contributed by atoms with Gasteiger partial charge in [-0.05, 0) is 32.0 Å². The highest BCUT2D eigenvalue weighted by Gasteiger charge is 2.58. The Hall–Kier alpha value is -1.08. The minimum absolute atomic E-state index is 0.100. The van der Waals surface area contributed by atoms with Crippen molar-refractivity contribution in [3.63, 3.8) is 0 Å². The Labute approximate surface area is 197 Å². The summed E-state index contributed by atoms with van der Waals surface area (Å²) in [6.45, 7) is 15.6. The molecule has 2 aliphatic rings. The number of aliphatic carboxylic acids is 1. The fraction of sp³-hybridized carbons (Fsp3) is 0.909. The van der Waals surface area contributed by atoms with Gasteiger partial charge in [-0.25, -0.2) is 4.79 Å². The summed E-state index contributed by atoms with van der Waals surface area (Å²) in [6, 6.07) is -0.698. The topological polar surface area (TPSA) is 122 Å². The van der Waals surface area contributed by atoms with Crippen molar-refractivity contribution in [1.82, 2.24) is 5.32 Å². The molecule has 192 valence electrons. The second kappa shape index (κ2) is 9.88. The second-order valence-corrected chi connectivity index (χ2v) is 15.5. The zero-order valence-electron chi connectivity index (χ0n) is 21.5. The maximum Gasteiger partial charge on any atom is 0.364 e. The number of carboxylic acids is 1. The van der Waals surface area contributed by atoms with Gasteiger partial charge in [0.05, 0.1) is 18.8 Å². The van der Waals surface area contributed by atoms with Crippen molar-refractivity contribution in [2.24, 2.45) is 0 Å². The molecule has 0 aromatic rings. The molecular formula is C22H41NO9Si. The highest BCUT2D eigenvalue weighted by molar-refractivity contribution is 6.74. The monoisotopic (exact) mass is 491 g/mol. The number of hydrogen-bond acceptors (Lipinski definition) is 8. The number of rotatable bonds is 8. The summed E-state index contributed by atoms with van der Waals surface area (Å²) in [6.07, 6.45) is -3.06. The van der Waals surface area contributed by atoms with Gasteiger partial charge in [0.25, 0.3) is 5.79 Å². The lowest BCUT2D eigenvalue weighted by atomic mass is 9.88. The molecule has 2 rings (SSSR count). The first kappa shape index (κ1) is 28.2. The summed E-state index contributed by atoms with van der Waals surface area (Å²) >= 11 is 0. The zero-order valence-corrected chi connectivity index (χ0v) is 22.5. The quantitative estimate of drug-likeness (QED) is 0.492. The highest BCUT2D eigenvalue weighted by Crippen LogP contribution is 2.42. The van der Waals surface area contributed by atoms with Crippen LogP contribution in [0.1, 0.15) is 48.0 Å². The second-order valence-electron chi connectivity index (χ2n) is 10.8. The summed E-state index contributed by atoms with van der Waals surface area (Å²) in [4.78, 5) is 24.6. The van der Waals surface area contributed by atoms with Gasteiger partial charge in [-0.1, -0.05) is 20.8 Å². The molecular weight excluding hydrogens is 450 g/mol. The number of amides is 1. The minimum atomic E-state index is -2.38. The molecule has 6 atom stereocenters. The van der Waals surface area contributed by atoms with Gasteiger partial charge >= 0.3 is 5.97 Å². The molecule has 2 saturated heterocycles. The van der Waals surface area contributed by atoms with E-state index in [-0.39, 0.29) is 24.0 Å². The fourth-order valence-electron chi connectivity index (χ4n) is 4.03. The summed E-state index contributed by atoms with van der Waals surface area (Å²) in [5.41, 5.74) is 0. The lowest BCUT2D eigenvalue weighted by molar-refractivity contribution is -0.305. The number of carbonyl (C=O) groups excluding carboxylic acids is 1. The van der Waals surface area contributed by atoms with Gasteiger partial charge in [-0.2, -0.15) is 0 Å². The van der Waals surface area contributed by atoms with E-state index in [9.17, 15) is 14.7 Å². The molecule has 2 N–H and O–H groups in total. The standard InChI is InChI=1S/C22H41NO9Si/c1-13(24)23-16-14(32-33(9,10)20(2,3)4)11-22(28-8,19(25)26)31-18(16)17(27-7)15-12-29-21(5,6)30-15/h14-18H,11-12H2,1-10H3,(H,23,24)(H,25,26)/t14-,15+,16-,17+,18+,22?/m0/s1. The van der Waals surface area contributed by atoms with Crippen molar-refractivity contribution in [2.75, 3.05) is 20.8 Å². The lowest BCUT2D eigenvalue weighted by Crippen LogP contribution is -2.69. The first-order valence-electron chi connectivity index (χ1n) is 11.2. The molecule has 0 spiro atoms. The van der Waals surface area contributed by atoms with Crippen LogP contribution in [0.25, 0.3) is 0 Å². The van der Waals surface area contributed by atoms with E-state index in [4.69, 9.17) is 28.1 Å². The van der Waals surface area contributed by atoms with Gasteiger partial charge in [0, 0.05) is 27.6 Å². The first-order valence-corrected chi connectivity index (χ1v) is 14.2. The van der Waals surface area contributed by atoms with Gasteiger partial charge < -0.3 is 38.5 Å². The van der Waals surface area contributed by atoms with Crippen molar-refractivity contribution < 1.29 is 42.8 Å². The largest absolute Gasteiger partial charge is 0.477 e. The number of ether oxygens (including phenoxy) is 5. The van der Waals surface area contributed by atoms with E-state index in [0.29, 0.717) is 0 Å². The number of carbonyl (C=O) groups is 2. The fourth-order valence-corrected chi connectivity index (χ4v) is 5.37. The maximum absolute atomic E-state index is 12.3. The van der Waals surface area contributed by atoms with E-state index in [1.807, 2.05) is 0 Å². The Morgan fingerprint density at radius 3 is 2.18 bits per heavy atom. The van der Waals surface area contributed by atoms with E-state index in [1.54, 1.807) is 13.8 Å². The lowest BCUT2D eigenvalue weighted by Gasteiger charge is -2.51. The average molecular weight is 492 g/mol. The third-order valence-electron chi connectivity index (χ3n) is 6.82. The van der Waals surface area contributed by atoms with Crippen LogP contribution in [-0.2, 0) is 37.7 Å². The third-order valence-corrected chi connectivity index (χ3v) is 11.3. The third kappa shape index (κ3) is 6.13. The van der Waals surface area contributed by atoms with Gasteiger partial charge in [0.15, 0.2) is 14.1 Å². The van der Waals surface area contributed by atoms with Crippen LogP contribution in [0.4, 0.5) is 0 Å². The summed E-state index contributed by atoms with van der Waals surface area (Å²) < 4.78 is 35.7. The van der Waals surface area contributed by atoms with E-state index < -0.39 is 56.3 Å². The van der Waals surface area contributed by atoms with Crippen LogP contribution in [0.2, 0.25) is 18.1 Å². The predicted molar refractivity (Wildman–Crippen MR) is 122 cm³/mol. The zero-order chi connectivity index (χ0) is 25.4. The molecule has 33 heavy (non-hydrogen) atoms. The summed E-state index contributed by atoms with van der Waals surface area (Å²) in [5.74, 6) is -4.38. The molecule has 1 unspecified atom stereocenters. The van der Waals surface area contributed by atoms with Crippen LogP contribution in [0, 0.1) is 0 Å². The van der Waals surface area contributed by atoms with Crippen LogP contribution in [-0.4, -0.2) is 88.2 Å². The van der Waals surface area contributed by atoms with Crippen molar-refractivity contribution >= 4 is 20.2 Å². The number of methoxy groups -OCH3 is 2. The molecule has 0 saturated carbocycles. The Morgan fingerprint density at radius 1 is 1.18 bits per heavy atom. The maximum atomic E-state index is 12.3. The van der Waals surface area contributed by atoms with Crippen LogP contribution >= 0.6 is 0 Å². The van der Waals surface area contributed by atoms with Crippen LogP contribution < -0.4 is 5.32 Å². The Bertz CT molecular complexity index is 723. The Kier molecular flexibility index (Phi) is 8.43. The van der Waals surface area contributed by atoms with Crippen LogP contribution in [0.5, 0.6) is 0 Å². The van der Waals surface area contributed by atoms with Gasteiger partial charge in [-0.3, -0.25) is 4.79 Å². The predicted octanol–water partition coefficient (Wildman–Crippen LogP) is 2.26. The van der Waals surface area contributed by atoms with Crippen LogP contribution in [0.3, 0.4) is 0 Å². The van der Waals surface area contributed by atoms with E-state index >= 15 is 0 Å². The van der Waals surface area contributed by atoms with E-state index in [2.05, 4.69) is 39.2 Å². The SMILES string of the molecule is CO[C@@H]([C@@H]1OC(OC)(C(=O)O)C[C@H](O[Si](C)(C)C(C)(C)C)[C@@H]1NC(C)=O)[C@H]1COC(C)(C)O1.